The maximum absolute atomic E-state index is 11.8. The van der Waals surface area contributed by atoms with E-state index in [0.29, 0.717) is 6.54 Å². The van der Waals surface area contributed by atoms with Crippen LogP contribution in [0.25, 0.3) is 0 Å². The maximum Gasteiger partial charge on any atom is 0.422 e. The Hall–Kier alpha value is -1.02. The Morgan fingerprint density at radius 1 is 1.37 bits per heavy atom. The molecule has 1 rings (SSSR count). The van der Waals surface area contributed by atoms with Crippen LogP contribution in [0, 0.1) is 0 Å². The summed E-state index contributed by atoms with van der Waals surface area (Å²) in [5.74, 6) is 0. The second-order valence-corrected chi connectivity index (χ2v) is 4.63. The number of halogens is 3. The first-order chi connectivity index (χ1) is 8.76. The summed E-state index contributed by atoms with van der Waals surface area (Å²) < 4.78 is 44.9. The van der Waals surface area contributed by atoms with Gasteiger partial charge in [-0.3, -0.25) is 4.90 Å². The van der Waals surface area contributed by atoms with Crippen molar-refractivity contribution in [1.82, 2.24) is 10.2 Å². The van der Waals surface area contributed by atoms with Crippen molar-refractivity contribution in [1.29, 1.82) is 0 Å². The van der Waals surface area contributed by atoms with Crippen molar-refractivity contribution in [2.45, 2.75) is 32.2 Å². The van der Waals surface area contributed by atoms with Gasteiger partial charge in [0, 0.05) is 26.2 Å². The number of hydrogen-bond donors (Lipinski definition) is 1. The lowest BCUT2D eigenvalue weighted by Gasteiger charge is -2.35. The first-order valence-corrected chi connectivity index (χ1v) is 6.11. The van der Waals surface area contributed by atoms with Gasteiger partial charge in [0.2, 0.25) is 0 Å². The number of alkyl halides is 3. The van der Waals surface area contributed by atoms with Crippen molar-refractivity contribution in [2.24, 2.45) is 0 Å². The minimum atomic E-state index is -4.49. The standard InChI is InChI=1S/C11H19F3N2O3/c1-8-5-16(6-9(2)19-8)4-3-15-10(17)18-7-11(12,13)14/h8-9H,3-7H2,1-2H3,(H,15,17)/t8-,9-/m0/s1. The second-order valence-electron chi connectivity index (χ2n) is 4.63. The summed E-state index contributed by atoms with van der Waals surface area (Å²) in [5, 5.41) is 2.29. The lowest BCUT2D eigenvalue weighted by Crippen LogP contribution is -2.48. The molecule has 0 aromatic carbocycles. The Balaban J connectivity index is 2.14. The van der Waals surface area contributed by atoms with Crippen LogP contribution in [0.5, 0.6) is 0 Å². The number of amides is 1. The molecule has 1 aliphatic heterocycles. The SMILES string of the molecule is C[C@H]1CN(CCNC(=O)OCC(F)(F)F)C[C@H](C)O1. The monoisotopic (exact) mass is 284 g/mol. The number of rotatable bonds is 4. The van der Waals surface area contributed by atoms with Crippen LogP contribution in [0.1, 0.15) is 13.8 Å². The molecular weight excluding hydrogens is 265 g/mol. The average molecular weight is 284 g/mol. The summed E-state index contributed by atoms with van der Waals surface area (Å²) in [6, 6.07) is 0. The van der Waals surface area contributed by atoms with E-state index in [0.717, 1.165) is 13.1 Å². The van der Waals surface area contributed by atoms with Crippen molar-refractivity contribution in [3.05, 3.63) is 0 Å². The number of nitrogens with one attached hydrogen (secondary N) is 1. The molecule has 2 atom stereocenters. The van der Waals surface area contributed by atoms with Crippen LogP contribution in [0.3, 0.4) is 0 Å². The minimum absolute atomic E-state index is 0.112. The highest BCUT2D eigenvalue weighted by atomic mass is 19.4. The topological polar surface area (TPSA) is 50.8 Å². The van der Waals surface area contributed by atoms with E-state index in [-0.39, 0.29) is 18.8 Å². The summed E-state index contributed by atoms with van der Waals surface area (Å²) in [7, 11) is 0. The number of morpholine rings is 1. The fourth-order valence-electron chi connectivity index (χ4n) is 1.98. The van der Waals surface area contributed by atoms with Crippen LogP contribution >= 0.6 is 0 Å². The number of carbonyl (C=O) groups excluding carboxylic acids is 1. The highest BCUT2D eigenvalue weighted by molar-refractivity contribution is 5.67. The largest absolute Gasteiger partial charge is 0.440 e. The molecule has 0 unspecified atom stereocenters. The molecule has 0 aromatic rings. The molecule has 0 spiro atoms. The van der Waals surface area contributed by atoms with Gasteiger partial charge in [-0.05, 0) is 13.8 Å². The van der Waals surface area contributed by atoms with Crippen LogP contribution in [-0.2, 0) is 9.47 Å². The molecule has 0 radical (unpaired) electrons. The van der Waals surface area contributed by atoms with E-state index in [1.165, 1.54) is 0 Å². The van der Waals surface area contributed by atoms with Gasteiger partial charge < -0.3 is 14.8 Å². The van der Waals surface area contributed by atoms with Gasteiger partial charge in [-0.25, -0.2) is 4.79 Å². The molecule has 0 aromatic heterocycles. The molecular formula is C11H19F3N2O3. The first kappa shape index (κ1) is 16.0. The van der Waals surface area contributed by atoms with Gasteiger partial charge in [-0.15, -0.1) is 0 Å². The van der Waals surface area contributed by atoms with Gasteiger partial charge in [0.25, 0.3) is 0 Å². The minimum Gasteiger partial charge on any atom is -0.440 e. The Morgan fingerprint density at radius 2 is 1.95 bits per heavy atom. The molecule has 1 saturated heterocycles. The Labute approximate surface area is 110 Å². The Kier molecular flexibility index (Phi) is 5.86. The molecule has 1 amide bonds. The van der Waals surface area contributed by atoms with Crippen molar-refractivity contribution in [3.63, 3.8) is 0 Å². The van der Waals surface area contributed by atoms with E-state index < -0.39 is 18.9 Å². The van der Waals surface area contributed by atoms with E-state index in [4.69, 9.17) is 4.74 Å². The Morgan fingerprint density at radius 3 is 2.47 bits per heavy atom. The van der Waals surface area contributed by atoms with Crippen LogP contribution in [-0.4, -0.2) is 62.2 Å². The predicted octanol–water partition coefficient (Wildman–Crippen LogP) is 1.38. The van der Waals surface area contributed by atoms with E-state index in [9.17, 15) is 18.0 Å². The van der Waals surface area contributed by atoms with Gasteiger partial charge in [0.1, 0.15) is 0 Å². The number of carbonyl (C=O) groups is 1. The third-order valence-electron chi connectivity index (χ3n) is 2.56. The Bertz CT molecular complexity index is 289. The summed E-state index contributed by atoms with van der Waals surface area (Å²) in [6.07, 6.45) is -5.32. The van der Waals surface area contributed by atoms with Crippen molar-refractivity contribution in [2.75, 3.05) is 32.8 Å². The lowest BCUT2D eigenvalue weighted by atomic mass is 10.2. The lowest BCUT2D eigenvalue weighted by molar-refractivity contribution is -0.160. The zero-order valence-electron chi connectivity index (χ0n) is 11.0. The summed E-state index contributed by atoms with van der Waals surface area (Å²) in [5.41, 5.74) is 0. The fourth-order valence-corrected chi connectivity index (χ4v) is 1.98. The molecule has 1 N–H and O–H groups in total. The number of alkyl carbamates (subject to hydrolysis) is 1. The summed E-state index contributed by atoms with van der Waals surface area (Å²) in [4.78, 5) is 13.1. The second kappa shape index (κ2) is 6.95. The molecule has 1 fully saturated rings. The summed E-state index contributed by atoms with van der Waals surface area (Å²) in [6.45, 7) is 4.62. The van der Waals surface area contributed by atoms with Crippen LogP contribution in [0.15, 0.2) is 0 Å². The number of hydrogen-bond acceptors (Lipinski definition) is 4. The third-order valence-corrected chi connectivity index (χ3v) is 2.56. The van der Waals surface area contributed by atoms with E-state index in [1.807, 2.05) is 13.8 Å². The van der Waals surface area contributed by atoms with E-state index in [2.05, 4.69) is 15.0 Å². The molecule has 19 heavy (non-hydrogen) atoms. The summed E-state index contributed by atoms with van der Waals surface area (Å²) >= 11 is 0. The highest BCUT2D eigenvalue weighted by Crippen LogP contribution is 2.14. The van der Waals surface area contributed by atoms with Crippen LogP contribution < -0.4 is 5.32 Å². The zero-order valence-corrected chi connectivity index (χ0v) is 11.0. The number of ether oxygens (including phenoxy) is 2. The van der Waals surface area contributed by atoms with Crippen LogP contribution in [0.2, 0.25) is 0 Å². The van der Waals surface area contributed by atoms with Crippen molar-refractivity contribution >= 4 is 6.09 Å². The van der Waals surface area contributed by atoms with Gasteiger partial charge in [-0.1, -0.05) is 0 Å². The molecule has 0 saturated carbocycles. The van der Waals surface area contributed by atoms with E-state index >= 15 is 0 Å². The molecule has 1 aliphatic rings. The highest BCUT2D eigenvalue weighted by Gasteiger charge is 2.29. The molecule has 1 heterocycles. The molecule has 0 bridgehead atoms. The normalized spacial score (nSPS) is 25.1. The quantitative estimate of drug-likeness (QED) is 0.847. The third kappa shape index (κ3) is 7.22. The van der Waals surface area contributed by atoms with E-state index in [1.54, 1.807) is 0 Å². The van der Waals surface area contributed by atoms with Gasteiger partial charge >= 0.3 is 12.3 Å². The maximum atomic E-state index is 11.8. The number of nitrogens with zero attached hydrogens (tertiary/aromatic N) is 1. The molecule has 8 heteroatoms. The van der Waals surface area contributed by atoms with Crippen LogP contribution in [0.4, 0.5) is 18.0 Å². The van der Waals surface area contributed by atoms with Gasteiger partial charge in [0.05, 0.1) is 12.2 Å². The van der Waals surface area contributed by atoms with Crippen molar-refractivity contribution in [3.8, 4) is 0 Å². The zero-order chi connectivity index (χ0) is 14.5. The van der Waals surface area contributed by atoms with Gasteiger partial charge in [0.15, 0.2) is 6.61 Å². The predicted molar refractivity (Wildman–Crippen MR) is 61.9 cm³/mol. The molecule has 112 valence electrons. The average Bonchev–Trinajstić information content (AvgIpc) is 2.24. The molecule has 0 aliphatic carbocycles. The molecule has 5 nitrogen and oxygen atoms in total. The van der Waals surface area contributed by atoms with Crippen molar-refractivity contribution < 1.29 is 27.4 Å². The smallest absolute Gasteiger partial charge is 0.422 e. The first-order valence-electron chi connectivity index (χ1n) is 6.11. The van der Waals surface area contributed by atoms with Gasteiger partial charge in [-0.2, -0.15) is 13.2 Å². The fraction of sp³-hybridized carbons (Fsp3) is 0.909.